The van der Waals surface area contributed by atoms with E-state index in [2.05, 4.69) is 20.8 Å². The zero-order valence-corrected chi connectivity index (χ0v) is 14.5. The van der Waals surface area contributed by atoms with Crippen LogP contribution in [0.4, 0.5) is 30.4 Å². The van der Waals surface area contributed by atoms with Gasteiger partial charge in [0.05, 0.1) is 28.2 Å². The third kappa shape index (κ3) is 4.56. The molecule has 0 saturated heterocycles. The fourth-order valence-electron chi connectivity index (χ4n) is 2.16. The van der Waals surface area contributed by atoms with Crippen molar-refractivity contribution in [2.75, 3.05) is 10.6 Å². The van der Waals surface area contributed by atoms with Crippen molar-refractivity contribution < 1.29 is 22.5 Å². The van der Waals surface area contributed by atoms with Crippen LogP contribution in [0.5, 0.6) is 0 Å². The first-order valence-electron chi connectivity index (χ1n) is 7.57. The second-order valence-electron chi connectivity index (χ2n) is 5.53. The molecular formula is C17H12ClF3N4O2. The van der Waals surface area contributed by atoms with Crippen molar-refractivity contribution in [1.82, 2.24) is 10.1 Å². The van der Waals surface area contributed by atoms with Crippen molar-refractivity contribution in [1.29, 1.82) is 0 Å². The minimum atomic E-state index is -4.55. The maximum absolute atomic E-state index is 12.8. The lowest BCUT2D eigenvalue weighted by Gasteiger charge is -2.11. The molecule has 0 aliphatic rings. The van der Waals surface area contributed by atoms with Crippen LogP contribution in [0.3, 0.4) is 0 Å². The number of hydrogen-bond donors (Lipinski definition) is 2. The molecule has 27 heavy (non-hydrogen) atoms. The van der Waals surface area contributed by atoms with Gasteiger partial charge in [0.15, 0.2) is 5.82 Å². The zero-order valence-electron chi connectivity index (χ0n) is 13.8. The Labute approximate surface area is 156 Å². The Kier molecular flexibility index (Phi) is 5.04. The SMILES string of the molecule is Cc1cc(Nc2ccc(C(=O)Nc3cc(C(F)(F)F)ccc3Cl)nc2)no1. The van der Waals surface area contributed by atoms with E-state index in [0.29, 0.717) is 17.3 Å². The number of anilines is 3. The van der Waals surface area contributed by atoms with E-state index in [4.69, 9.17) is 16.1 Å². The van der Waals surface area contributed by atoms with E-state index in [9.17, 15) is 18.0 Å². The van der Waals surface area contributed by atoms with Gasteiger partial charge in [0.25, 0.3) is 5.91 Å². The van der Waals surface area contributed by atoms with E-state index >= 15 is 0 Å². The van der Waals surface area contributed by atoms with E-state index in [0.717, 1.165) is 18.2 Å². The Hall–Kier alpha value is -3.07. The minimum Gasteiger partial charge on any atom is -0.360 e. The van der Waals surface area contributed by atoms with E-state index < -0.39 is 17.6 Å². The van der Waals surface area contributed by atoms with Gasteiger partial charge in [-0.3, -0.25) is 4.79 Å². The summed E-state index contributed by atoms with van der Waals surface area (Å²) in [6.07, 6.45) is -3.16. The quantitative estimate of drug-likeness (QED) is 0.645. The van der Waals surface area contributed by atoms with Crippen LogP contribution < -0.4 is 10.6 Å². The van der Waals surface area contributed by atoms with Crippen LogP contribution in [0.2, 0.25) is 5.02 Å². The van der Waals surface area contributed by atoms with Gasteiger partial charge in [-0.15, -0.1) is 0 Å². The number of nitrogens with one attached hydrogen (secondary N) is 2. The molecule has 1 aromatic carbocycles. The lowest BCUT2D eigenvalue weighted by Crippen LogP contribution is -2.15. The Balaban J connectivity index is 1.73. The molecule has 0 unspecified atom stereocenters. The highest BCUT2D eigenvalue weighted by atomic mass is 35.5. The number of halogens is 4. The predicted molar refractivity (Wildman–Crippen MR) is 93.2 cm³/mol. The monoisotopic (exact) mass is 396 g/mol. The van der Waals surface area contributed by atoms with Gasteiger partial charge in [-0.05, 0) is 37.3 Å². The molecule has 3 rings (SSSR count). The summed E-state index contributed by atoms with van der Waals surface area (Å²) >= 11 is 5.87. The highest BCUT2D eigenvalue weighted by molar-refractivity contribution is 6.33. The molecule has 0 spiro atoms. The largest absolute Gasteiger partial charge is 0.416 e. The van der Waals surface area contributed by atoms with Crippen LogP contribution in [0.25, 0.3) is 0 Å². The molecule has 6 nitrogen and oxygen atoms in total. The number of nitrogens with zero attached hydrogens (tertiary/aromatic N) is 2. The molecular weight excluding hydrogens is 385 g/mol. The lowest BCUT2D eigenvalue weighted by atomic mass is 10.2. The van der Waals surface area contributed by atoms with Gasteiger partial charge in [-0.1, -0.05) is 16.8 Å². The van der Waals surface area contributed by atoms with E-state index in [1.807, 2.05) is 0 Å². The first-order chi connectivity index (χ1) is 12.7. The van der Waals surface area contributed by atoms with Crippen molar-refractivity contribution >= 4 is 34.7 Å². The molecule has 3 aromatic rings. The molecule has 2 heterocycles. The van der Waals surface area contributed by atoms with Crippen LogP contribution in [-0.4, -0.2) is 16.0 Å². The molecule has 0 aliphatic heterocycles. The summed E-state index contributed by atoms with van der Waals surface area (Å²) in [7, 11) is 0. The molecule has 0 bridgehead atoms. The molecule has 2 aromatic heterocycles. The van der Waals surface area contributed by atoms with Crippen molar-refractivity contribution in [3.8, 4) is 0 Å². The summed E-state index contributed by atoms with van der Waals surface area (Å²) in [5.74, 6) is 0.404. The molecule has 140 valence electrons. The number of rotatable bonds is 4. The number of pyridine rings is 1. The van der Waals surface area contributed by atoms with Crippen LogP contribution in [-0.2, 0) is 6.18 Å². The number of aromatic nitrogens is 2. The maximum Gasteiger partial charge on any atom is 0.416 e. The Morgan fingerprint density at radius 2 is 1.96 bits per heavy atom. The summed E-state index contributed by atoms with van der Waals surface area (Å²) in [6, 6.07) is 7.33. The van der Waals surface area contributed by atoms with E-state index in [1.54, 1.807) is 19.1 Å². The Morgan fingerprint density at radius 3 is 2.56 bits per heavy atom. The Bertz CT molecular complexity index is 971. The number of alkyl halides is 3. The van der Waals surface area contributed by atoms with Gasteiger partial charge in [0.1, 0.15) is 11.5 Å². The third-order valence-electron chi connectivity index (χ3n) is 3.44. The average molecular weight is 397 g/mol. The van der Waals surface area contributed by atoms with Crippen LogP contribution in [0.1, 0.15) is 21.8 Å². The summed E-state index contributed by atoms with van der Waals surface area (Å²) < 4.78 is 43.3. The average Bonchev–Trinajstić information content (AvgIpc) is 3.01. The van der Waals surface area contributed by atoms with Crippen molar-refractivity contribution in [3.05, 3.63) is 64.6 Å². The normalized spacial score (nSPS) is 11.3. The van der Waals surface area contributed by atoms with Crippen LogP contribution >= 0.6 is 11.6 Å². The minimum absolute atomic E-state index is 0.00496. The summed E-state index contributed by atoms with van der Waals surface area (Å²) in [5, 5.41) is 9.00. The molecule has 0 radical (unpaired) electrons. The van der Waals surface area contributed by atoms with Gasteiger partial charge in [-0.25, -0.2) is 4.98 Å². The van der Waals surface area contributed by atoms with E-state index in [1.165, 1.54) is 12.3 Å². The third-order valence-corrected chi connectivity index (χ3v) is 3.77. The number of benzene rings is 1. The standard InChI is InChI=1S/C17H12ClF3N4O2/c1-9-6-15(25-27-9)23-11-3-5-13(22-8-11)16(26)24-14-7-10(17(19,20)21)2-4-12(14)18/h2-8H,1H3,(H,23,25)(H,24,26). The number of aryl methyl sites for hydroxylation is 1. The zero-order chi connectivity index (χ0) is 19.6. The second kappa shape index (κ2) is 7.28. The van der Waals surface area contributed by atoms with Crippen molar-refractivity contribution in [2.24, 2.45) is 0 Å². The number of carbonyl (C=O) groups excluding carboxylic acids is 1. The molecule has 10 heteroatoms. The molecule has 0 saturated carbocycles. The highest BCUT2D eigenvalue weighted by Gasteiger charge is 2.31. The number of carbonyl (C=O) groups is 1. The number of amides is 1. The first-order valence-corrected chi connectivity index (χ1v) is 7.94. The van der Waals surface area contributed by atoms with Gasteiger partial charge in [0, 0.05) is 6.07 Å². The first kappa shape index (κ1) is 18.7. The van der Waals surface area contributed by atoms with Crippen molar-refractivity contribution in [2.45, 2.75) is 13.1 Å². The fraction of sp³-hybridized carbons (Fsp3) is 0.118. The number of hydrogen-bond acceptors (Lipinski definition) is 5. The summed E-state index contributed by atoms with van der Waals surface area (Å²) in [6.45, 7) is 1.74. The lowest BCUT2D eigenvalue weighted by molar-refractivity contribution is -0.137. The van der Waals surface area contributed by atoms with Gasteiger partial charge in [0.2, 0.25) is 0 Å². The topological polar surface area (TPSA) is 80.0 Å². The fourth-order valence-corrected chi connectivity index (χ4v) is 2.32. The van der Waals surface area contributed by atoms with Crippen LogP contribution in [0.15, 0.2) is 47.1 Å². The van der Waals surface area contributed by atoms with Gasteiger partial charge in [-0.2, -0.15) is 13.2 Å². The molecule has 0 fully saturated rings. The predicted octanol–water partition coefficient (Wildman–Crippen LogP) is 5.05. The van der Waals surface area contributed by atoms with E-state index in [-0.39, 0.29) is 16.4 Å². The summed E-state index contributed by atoms with van der Waals surface area (Å²) in [5.41, 5.74) is -0.515. The van der Waals surface area contributed by atoms with Crippen molar-refractivity contribution in [3.63, 3.8) is 0 Å². The second-order valence-corrected chi connectivity index (χ2v) is 5.93. The van der Waals surface area contributed by atoms with Gasteiger partial charge < -0.3 is 15.2 Å². The molecule has 0 aliphatic carbocycles. The van der Waals surface area contributed by atoms with Gasteiger partial charge >= 0.3 is 6.18 Å². The highest BCUT2D eigenvalue weighted by Crippen LogP contribution is 2.34. The maximum atomic E-state index is 12.8. The molecule has 0 atom stereocenters. The smallest absolute Gasteiger partial charge is 0.360 e. The molecule has 1 amide bonds. The summed E-state index contributed by atoms with van der Waals surface area (Å²) in [4.78, 5) is 16.2. The molecule has 2 N–H and O–H groups in total. The van der Waals surface area contributed by atoms with Crippen LogP contribution in [0, 0.1) is 6.92 Å². The Morgan fingerprint density at radius 1 is 1.19 bits per heavy atom.